The smallest absolute Gasteiger partial charge is 0.311 e. The van der Waals surface area contributed by atoms with Crippen molar-refractivity contribution in [3.63, 3.8) is 0 Å². The summed E-state index contributed by atoms with van der Waals surface area (Å²) in [7, 11) is 9.10. The Morgan fingerprint density at radius 3 is 1.70 bits per heavy atom. The summed E-state index contributed by atoms with van der Waals surface area (Å²) in [4.78, 5) is 55.0. The van der Waals surface area contributed by atoms with E-state index in [9.17, 15) is 45.0 Å². The molecule has 0 unspecified atom stereocenters. The molecule has 0 radical (unpaired) electrons. The van der Waals surface area contributed by atoms with Gasteiger partial charge in [0.2, 0.25) is 0 Å². The van der Waals surface area contributed by atoms with Crippen molar-refractivity contribution < 1.29 is 107 Å². The van der Waals surface area contributed by atoms with Crippen LogP contribution in [-0.4, -0.2) is 299 Å². The molecule has 8 heterocycles. The summed E-state index contributed by atoms with van der Waals surface area (Å²) in [5.74, 6) is -6.80. The van der Waals surface area contributed by atoms with E-state index in [4.69, 9.17) is 61.6 Å². The Bertz CT molecular complexity index is 3650. The maximum Gasteiger partial charge on any atom is 0.311 e. The van der Waals surface area contributed by atoms with Crippen LogP contribution < -0.4 is 5.32 Å². The Kier molecular flexibility index (Phi) is 39.6. The van der Waals surface area contributed by atoms with E-state index in [0.717, 1.165) is 42.4 Å². The molecule has 124 heavy (non-hydrogen) atoms. The lowest BCUT2D eigenvalue weighted by Crippen LogP contribution is -2.62. The van der Waals surface area contributed by atoms with Crippen LogP contribution in [0, 0.1) is 52.3 Å². The van der Waals surface area contributed by atoms with Crippen LogP contribution in [0.4, 0.5) is 0 Å². The average molecular weight is 1760 g/mol. The van der Waals surface area contributed by atoms with E-state index in [0.29, 0.717) is 58.2 Å². The molecular weight excluding hydrogens is 1590 g/mol. The van der Waals surface area contributed by atoms with Crippen LogP contribution >= 0.6 is 0 Å². The first-order valence-electron chi connectivity index (χ1n) is 45.7. The predicted octanol–water partition coefficient (Wildman–Crippen LogP) is 12.7. The van der Waals surface area contributed by atoms with Gasteiger partial charge in [-0.15, -0.1) is 0 Å². The number of fused-ring (bicyclic) bond motifs is 4. The average Bonchev–Trinajstić information content (AvgIpc) is 1.54. The number of likely N-dealkylation sites (N-methyl/N-ethyl adjacent to an activating group) is 3. The Morgan fingerprint density at radius 1 is 0.645 bits per heavy atom. The molecule has 27 heteroatoms. The van der Waals surface area contributed by atoms with Crippen molar-refractivity contribution in [3.8, 4) is 0 Å². The maximum atomic E-state index is 14.9. The standard InChI is InChI=1S/C55H88N2O13.C40H75N3O9.2CH4/c1-17-42-55(13,62)49(65-26-20-21-38-28-39-22-18-19-23-40(39)56-31-38)34(4)44(58)32(2)29-54(12,64-16)48(70-51-45(59)41(27-33(3)66-51)57(14)25-24-52(8,9)10)35(5)46(36(6)50(61)68-42)69-43-30-53(11,63-15)47(60)37(7)67-43;1-14-30-39(11,47)33(45)28(6)43(13)23-24(2)22-38(10)34(50-36-31(44)29(21-25(3)48-36)42(12)20-17-37(7,8)9)26(4)32(27(5)35(46)49-30)51-40(52-38)15-18-41-19-16-40;;/h18-23,28,31-37,41-43,45-49,51,59-60,62H,17,24-27,29-30H2,1-16H3;24-34,36,41,44-45,47H,14-23H2,1-13H3;2*1H4/b21-20+;;;/t32-,33-,34+,35+,36-,37+,41+,42-,43+,45-,46+,47+,48-,49-,51+,53-,54-,55-;24-,25-,26+,27-,28-,29+,30-,31-,32+,33-,34-,36+,38+,39-;;/m11../s1. The van der Waals surface area contributed by atoms with Crippen LogP contribution in [0.3, 0.4) is 0 Å². The minimum absolute atomic E-state index is 0. The first-order chi connectivity index (χ1) is 56.7. The summed E-state index contributed by atoms with van der Waals surface area (Å²) >= 11 is 0. The van der Waals surface area contributed by atoms with Crippen LogP contribution in [0.1, 0.15) is 257 Å². The first-order valence-corrected chi connectivity index (χ1v) is 45.7. The second-order valence-electron chi connectivity index (χ2n) is 41.4. The summed E-state index contributed by atoms with van der Waals surface area (Å²) in [6.45, 7) is 50.1. The van der Waals surface area contributed by atoms with Crippen molar-refractivity contribution >= 4 is 34.7 Å². The topological polar surface area (TPSA) is 327 Å². The Morgan fingerprint density at radius 2 is 1.17 bits per heavy atom. The van der Waals surface area contributed by atoms with E-state index in [-0.39, 0.29) is 87.5 Å². The van der Waals surface area contributed by atoms with E-state index in [1.165, 1.54) is 7.11 Å². The molecule has 7 aliphatic heterocycles. The SMILES string of the molecule is C.C.CC[C@H]1OC(=O)[C@H](C)[C@@H](O[C@H]2C[C@@](C)(OC)[C@@H](O)[C@H](C)O2)[C@H](C)[C@@H](O[C@@H]2O[C@H](C)C[C@H](N(C)CCC(C)(C)C)[C@H]2O)[C@](C)(OC)C[C@@H](C)C(=O)[C@H](C)[C@@H](OC/C=C/c2cnc3ccccc3c2)[C@]1(C)O.CC[C@H]1OC(=O)[C@H](C)[C@H]2OC3(CCNCC3)O[C@@](C)(C[C@@H](C)CN(C)[C@H](C)[C@@H](O)[C@]1(C)O)[C@H](O[C@@H]1O[C@H](C)C[C@H](N(C)CCC(C)(C)C)[C@H]1O)[C@H]2C. The van der Waals surface area contributed by atoms with Crippen LogP contribution in [0.15, 0.2) is 42.6 Å². The number of pyridine rings is 1. The fraction of sp³-hybridized carbons (Fsp3) is 0.856. The lowest BCUT2D eigenvalue weighted by molar-refractivity contribution is -0.329. The fourth-order valence-electron chi connectivity index (χ4n) is 20.3. The summed E-state index contributed by atoms with van der Waals surface area (Å²) in [6.07, 6.45) is -3.69. The molecule has 0 saturated carbocycles. The van der Waals surface area contributed by atoms with E-state index < -0.39 is 179 Å². The summed E-state index contributed by atoms with van der Waals surface area (Å²) in [5, 5.41) is 75.6. The molecule has 7 fully saturated rings. The number of carbonyl (C=O) groups excluding carboxylic acids is 3. The largest absolute Gasteiger partial charge is 0.459 e. The highest BCUT2D eigenvalue weighted by molar-refractivity contribution is 5.84. The molecule has 1 spiro atoms. The molecule has 1 aromatic carbocycles. The van der Waals surface area contributed by atoms with E-state index in [1.54, 1.807) is 61.8 Å². The molecule has 32 atom stereocenters. The molecule has 7 aliphatic rings. The minimum Gasteiger partial charge on any atom is -0.459 e. The van der Waals surface area contributed by atoms with Gasteiger partial charge in [0.15, 0.2) is 24.7 Å². The zero-order valence-corrected chi connectivity index (χ0v) is 79.7. The number of aliphatic hydroxyl groups is 6. The molecule has 27 nitrogen and oxygen atoms in total. The van der Waals surface area contributed by atoms with Crippen LogP contribution in [-0.2, 0) is 76.0 Å². The number of nitrogens with one attached hydrogen (secondary N) is 1. The number of cyclic esters (lactones) is 2. The van der Waals surface area contributed by atoms with E-state index >= 15 is 0 Å². The summed E-state index contributed by atoms with van der Waals surface area (Å²) < 4.78 is 86.0. The van der Waals surface area contributed by atoms with Crippen molar-refractivity contribution in [3.05, 3.63) is 48.2 Å². The number of nitrogens with zero attached hydrogens (tertiary/aromatic N) is 4. The number of carbonyl (C=O) groups is 3. The summed E-state index contributed by atoms with van der Waals surface area (Å²) in [6, 6.07) is 8.95. The number of hydrogen-bond donors (Lipinski definition) is 7. The zero-order valence-electron chi connectivity index (χ0n) is 79.7. The van der Waals surface area contributed by atoms with Crippen molar-refractivity contribution in [1.29, 1.82) is 0 Å². The van der Waals surface area contributed by atoms with Gasteiger partial charge in [-0.3, -0.25) is 19.4 Å². The highest BCUT2D eigenvalue weighted by Crippen LogP contribution is 2.49. The quantitative estimate of drug-likeness (QED) is 0.0606. The van der Waals surface area contributed by atoms with Gasteiger partial charge < -0.3 is 112 Å². The van der Waals surface area contributed by atoms with Gasteiger partial charge in [0, 0.05) is 106 Å². The third-order valence-corrected chi connectivity index (χ3v) is 28.3. The lowest BCUT2D eigenvalue weighted by Gasteiger charge is -2.50. The Balaban J connectivity index is 0.000000393. The Hall–Kier alpha value is -3.86. The van der Waals surface area contributed by atoms with Crippen molar-refractivity contribution in [2.45, 2.75) is 408 Å². The number of esters is 2. The third-order valence-electron chi connectivity index (χ3n) is 28.3. The van der Waals surface area contributed by atoms with E-state index in [1.807, 2.05) is 124 Å². The number of piperidine rings is 1. The number of Topliss-reactive ketones (excluding diaryl/α,β-unsaturated/α-hetero) is 1. The monoisotopic (exact) mass is 1760 g/mol. The molecule has 9 rings (SSSR count). The predicted molar refractivity (Wildman–Crippen MR) is 483 cm³/mol. The highest BCUT2D eigenvalue weighted by atomic mass is 16.8. The number of benzene rings is 1. The van der Waals surface area contributed by atoms with Crippen LogP contribution in [0.25, 0.3) is 17.0 Å². The molecule has 7 saturated heterocycles. The zero-order chi connectivity index (χ0) is 91.1. The molecular formula is C97H171N5O22. The number of methoxy groups -OCH3 is 2. The third kappa shape index (κ3) is 26.5. The number of hydrogen-bond acceptors (Lipinski definition) is 27. The summed E-state index contributed by atoms with van der Waals surface area (Å²) in [5.41, 5.74) is -4.82. The van der Waals surface area contributed by atoms with Gasteiger partial charge in [0.05, 0.1) is 89.6 Å². The van der Waals surface area contributed by atoms with Gasteiger partial charge in [-0.05, 0) is 196 Å². The van der Waals surface area contributed by atoms with Crippen LogP contribution in [0.2, 0.25) is 0 Å². The maximum absolute atomic E-state index is 14.9. The fourth-order valence-corrected chi connectivity index (χ4v) is 20.3. The lowest BCUT2D eigenvalue weighted by atomic mass is 9.73. The molecule has 2 bridgehead atoms. The second kappa shape index (κ2) is 45.0. The van der Waals surface area contributed by atoms with Crippen molar-refractivity contribution in [1.82, 2.24) is 25.0 Å². The number of aromatic nitrogens is 1. The molecule has 2 aromatic rings. The molecule has 7 N–H and O–H groups in total. The van der Waals surface area contributed by atoms with Gasteiger partial charge in [0.1, 0.15) is 53.6 Å². The molecule has 0 aliphatic carbocycles. The number of ketones is 1. The number of para-hydroxylation sites is 1. The van der Waals surface area contributed by atoms with Crippen molar-refractivity contribution in [2.75, 3.05) is 74.7 Å². The second-order valence-corrected chi connectivity index (χ2v) is 41.4. The van der Waals surface area contributed by atoms with Gasteiger partial charge in [-0.25, -0.2) is 0 Å². The van der Waals surface area contributed by atoms with Gasteiger partial charge in [-0.2, -0.15) is 0 Å². The molecule has 716 valence electrons. The normalized spacial score (nSPS) is 41.2. The number of aliphatic hydroxyl groups excluding tert-OH is 4. The minimum atomic E-state index is -1.85. The molecule has 1 aromatic heterocycles. The van der Waals surface area contributed by atoms with Crippen LogP contribution in [0.5, 0.6) is 0 Å². The highest BCUT2D eigenvalue weighted by Gasteiger charge is 2.60. The van der Waals surface area contributed by atoms with Gasteiger partial charge in [0.25, 0.3) is 0 Å². The number of rotatable bonds is 20. The van der Waals surface area contributed by atoms with Gasteiger partial charge in [-0.1, -0.05) is 135 Å². The van der Waals surface area contributed by atoms with E-state index in [2.05, 4.69) is 82.5 Å². The number of ether oxygens (including phenoxy) is 13. The Labute approximate surface area is 745 Å². The van der Waals surface area contributed by atoms with Crippen molar-refractivity contribution in [2.24, 2.45) is 52.3 Å². The first kappa shape index (κ1) is 109. The molecule has 0 amide bonds. The van der Waals surface area contributed by atoms with Gasteiger partial charge >= 0.3 is 11.9 Å².